The zero-order valence-electron chi connectivity index (χ0n) is 41.7. The normalized spacial score (nSPS) is 12.1. The van der Waals surface area contributed by atoms with Crippen LogP contribution in [-0.2, 0) is 0 Å². The Morgan fingerprint density at radius 3 is 0.986 bits per heavy atom. The molecule has 11 aromatic carbocycles. The lowest BCUT2D eigenvalue weighted by Gasteiger charge is -2.26. The van der Waals surface area contributed by atoms with E-state index in [2.05, 4.69) is 277 Å². The van der Waals surface area contributed by atoms with Gasteiger partial charge in [0.15, 0.2) is 0 Å². The predicted molar refractivity (Wildman–Crippen MR) is 315 cm³/mol. The van der Waals surface area contributed by atoms with E-state index in [4.69, 9.17) is 0 Å². The molecule has 0 aliphatic heterocycles. The molecule has 0 saturated heterocycles. The van der Waals surface area contributed by atoms with Crippen LogP contribution in [0.2, 0.25) is 0 Å². The highest BCUT2D eigenvalue weighted by molar-refractivity contribution is 6.38. The van der Waals surface area contributed by atoms with Gasteiger partial charge < -0.3 is 18.6 Å². The van der Waals surface area contributed by atoms with Crippen molar-refractivity contribution >= 4 is 110 Å². The third-order valence-electron chi connectivity index (χ3n) is 15.6. The second-order valence-corrected chi connectivity index (χ2v) is 20.4. The largest absolute Gasteiger partial charge is 0.310 e. The van der Waals surface area contributed by atoms with Crippen LogP contribution in [0.4, 0.5) is 34.1 Å². The maximum atomic E-state index is 2.63. The minimum absolute atomic E-state index is 1.11. The van der Waals surface area contributed by atoms with Crippen LogP contribution >= 0.6 is 0 Å². The molecule has 74 heavy (non-hydrogen) atoms. The van der Waals surface area contributed by atoms with Crippen molar-refractivity contribution in [3.05, 3.63) is 253 Å². The van der Waals surface area contributed by atoms with Gasteiger partial charge in [0, 0.05) is 88.3 Å². The van der Waals surface area contributed by atoms with Crippen molar-refractivity contribution in [1.29, 1.82) is 0 Å². The Balaban J connectivity index is 1.13. The van der Waals surface area contributed by atoms with Gasteiger partial charge in [0.05, 0.1) is 33.1 Å². The van der Waals surface area contributed by atoms with Crippen LogP contribution in [0.1, 0.15) is 22.3 Å². The number of hydrogen-bond donors (Lipinski definition) is 0. The molecule has 350 valence electrons. The van der Waals surface area contributed by atoms with Crippen LogP contribution in [0.15, 0.2) is 231 Å². The summed E-state index contributed by atoms with van der Waals surface area (Å²) in [5, 5.41) is 10.0. The summed E-state index contributed by atoms with van der Waals surface area (Å²) < 4.78 is 5.26. The van der Waals surface area contributed by atoms with Gasteiger partial charge in [0.1, 0.15) is 0 Å². The summed E-state index contributed by atoms with van der Waals surface area (Å²) in [5.41, 5.74) is 23.9. The van der Waals surface area contributed by atoms with E-state index in [-0.39, 0.29) is 0 Å². The van der Waals surface area contributed by atoms with E-state index in [1.165, 1.54) is 121 Å². The molecule has 15 aromatic rings. The zero-order valence-corrected chi connectivity index (χ0v) is 41.7. The van der Waals surface area contributed by atoms with E-state index in [0.717, 1.165) is 34.1 Å². The molecule has 0 atom stereocenters. The molecule has 0 amide bonds. The van der Waals surface area contributed by atoms with E-state index in [9.17, 15) is 0 Å². The van der Waals surface area contributed by atoms with Gasteiger partial charge in [-0.3, -0.25) is 0 Å². The summed E-state index contributed by atoms with van der Waals surface area (Å²) >= 11 is 0. The molecule has 0 N–H and O–H groups in total. The second kappa shape index (κ2) is 16.1. The Bertz CT molecular complexity index is 4340. The van der Waals surface area contributed by atoms with Gasteiger partial charge in [-0.25, -0.2) is 0 Å². The van der Waals surface area contributed by atoms with Crippen molar-refractivity contribution in [2.45, 2.75) is 27.7 Å². The van der Waals surface area contributed by atoms with Gasteiger partial charge in [-0.2, -0.15) is 0 Å². The first-order valence-corrected chi connectivity index (χ1v) is 25.8. The maximum absolute atomic E-state index is 2.63. The first-order chi connectivity index (χ1) is 36.4. The number of aryl methyl sites for hydroxylation is 4. The van der Waals surface area contributed by atoms with Gasteiger partial charge >= 0.3 is 0 Å². The fourth-order valence-corrected chi connectivity index (χ4v) is 12.9. The number of rotatable bonds is 8. The molecule has 4 heteroatoms. The van der Waals surface area contributed by atoms with Crippen LogP contribution < -0.4 is 9.80 Å². The van der Waals surface area contributed by atoms with Crippen LogP contribution in [0.3, 0.4) is 0 Å². The molecule has 0 bridgehead atoms. The minimum Gasteiger partial charge on any atom is -0.310 e. The lowest BCUT2D eigenvalue weighted by atomic mass is 9.89. The Morgan fingerprint density at radius 1 is 0.257 bits per heavy atom. The fraction of sp³-hybridized carbons (Fsp3) is 0.0571. The Morgan fingerprint density at radius 2 is 0.608 bits per heavy atom. The smallest absolute Gasteiger partial charge is 0.0634 e. The summed E-state index contributed by atoms with van der Waals surface area (Å²) in [6.45, 7) is 8.78. The van der Waals surface area contributed by atoms with Crippen molar-refractivity contribution < 1.29 is 0 Å². The van der Waals surface area contributed by atoms with Crippen molar-refractivity contribution in [2.75, 3.05) is 9.80 Å². The van der Waals surface area contributed by atoms with Crippen LogP contribution in [-0.4, -0.2) is 8.80 Å². The van der Waals surface area contributed by atoms with Crippen molar-refractivity contribution in [3.63, 3.8) is 0 Å². The molecule has 0 aliphatic carbocycles. The van der Waals surface area contributed by atoms with Gasteiger partial charge in [-0.1, -0.05) is 158 Å². The van der Waals surface area contributed by atoms with Crippen LogP contribution in [0.25, 0.3) is 98.4 Å². The Labute approximate surface area is 429 Å². The van der Waals surface area contributed by atoms with Gasteiger partial charge in [-0.15, -0.1) is 0 Å². The SMILES string of the molecule is Cc1cc(C)cc(N(c2ccccc2)c2ccc3c4cccc5c6c(-c7ccccc7)c7c(c(-c8ccccc8)c6n(c3c2)c45)c2cccc3c4ccc(N(c5ccccc5)c5cc(C)cc(C)c5)cc4n7c32)c1. The van der Waals surface area contributed by atoms with Crippen LogP contribution in [0.5, 0.6) is 0 Å². The summed E-state index contributed by atoms with van der Waals surface area (Å²) in [6.07, 6.45) is 0. The monoisotopic (exact) mass is 946 g/mol. The average Bonchev–Trinajstić information content (AvgIpc) is 4.35. The number of nitrogens with zero attached hydrogens (tertiary/aromatic N) is 4. The van der Waals surface area contributed by atoms with Gasteiger partial charge in [0.25, 0.3) is 0 Å². The molecule has 0 radical (unpaired) electrons. The van der Waals surface area contributed by atoms with Crippen molar-refractivity contribution in [1.82, 2.24) is 8.80 Å². The number of anilines is 6. The molecular formula is C70H50N4. The number of benzene rings is 11. The molecule has 0 saturated carbocycles. The maximum Gasteiger partial charge on any atom is 0.0634 e. The van der Waals surface area contributed by atoms with E-state index in [1.807, 2.05) is 0 Å². The van der Waals surface area contributed by atoms with E-state index in [0.29, 0.717) is 0 Å². The molecule has 0 unspecified atom stereocenters. The van der Waals surface area contributed by atoms with Crippen LogP contribution in [0, 0.1) is 27.7 Å². The van der Waals surface area contributed by atoms with E-state index in [1.54, 1.807) is 0 Å². The summed E-state index contributed by atoms with van der Waals surface area (Å²) in [4.78, 5) is 4.84. The fourth-order valence-electron chi connectivity index (χ4n) is 12.9. The molecule has 0 aliphatic rings. The van der Waals surface area contributed by atoms with E-state index >= 15 is 0 Å². The molecule has 15 rings (SSSR count). The predicted octanol–water partition coefficient (Wildman–Crippen LogP) is 19.5. The molecule has 0 spiro atoms. The Kier molecular flexibility index (Phi) is 9.19. The lowest BCUT2D eigenvalue weighted by molar-refractivity contribution is 1.25. The van der Waals surface area contributed by atoms with Gasteiger partial charge in [-0.05, 0) is 134 Å². The highest BCUT2D eigenvalue weighted by atomic mass is 15.2. The summed E-state index contributed by atoms with van der Waals surface area (Å²) in [5.74, 6) is 0. The zero-order chi connectivity index (χ0) is 49.3. The molecule has 4 heterocycles. The lowest BCUT2D eigenvalue weighted by Crippen LogP contribution is -2.10. The minimum atomic E-state index is 1.11. The number of hydrogen-bond acceptors (Lipinski definition) is 2. The molecular weight excluding hydrogens is 897 g/mol. The molecule has 4 aromatic heterocycles. The highest BCUT2D eigenvalue weighted by Gasteiger charge is 2.31. The Hall–Kier alpha value is -9.38. The second-order valence-electron chi connectivity index (χ2n) is 20.4. The first-order valence-electron chi connectivity index (χ1n) is 25.8. The number of aromatic nitrogens is 2. The topological polar surface area (TPSA) is 15.3 Å². The standard InChI is InChI=1S/C70H50N4/c1-43-35-44(2)38-53(37-43)71(49-23-13-7-14-24-49)51-31-33-55-57-27-17-29-59-65-64(48-21-11-6-12-22-48)70-66(63(47-19-9-5-10-20-47)69(65)73(67(57)59)61(55)41-51)60-30-18-28-58-56-34-32-52(42-62(56)74(70)68(58)60)72(50-25-15-8-16-26-50)54-39-45(3)36-46(4)40-54/h5-42H,1-4H3. The highest BCUT2D eigenvalue weighted by Crippen LogP contribution is 2.55. The average molecular weight is 947 g/mol. The quantitative estimate of drug-likeness (QED) is 0.151. The van der Waals surface area contributed by atoms with E-state index < -0.39 is 0 Å². The summed E-state index contributed by atoms with van der Waals surface area (Å²) in [7, 11) is 0. The third kappa shape index (κ3) is 6.15. The van der Waals surface area contributed by atoms with Crippen molar-refractivity contribution in [2.24, 2.45) is 0 Å². The molecule has 4 nitrogen and oxygen atoms in total. The first kappa shape index (κ1) is 42.3. The van der Waals surface area contributed by atoms with Gasteiger partial charge in [0.2, 0.25) is 0 Å². The van der Waals surface area contributed by atoms with Crippen molar-refractivity contribution in [3.8, 4) is 22.3 Å². The number of fused-ring (bicyclic) bond motifs is 12. The summed E-state index contributed by atoms with van der Waals surface area (Å²) in [6, 6.07) is 85.9. The number of para-hydroxylation sites is 4. The third-order valence-corrected chi connectivity index (χ3v) is 15.6. The molecule has 0 fully saturated rings.